The van der Waals surface area contributed by atoms with Crippen LogP contribution in [0.4, 0.5) is 0 Å². The van der Waals surface area contributed by atoms with E-state index in [2.05, 4.69) is 17.4 Å². The number of carbonyl (C=O) groups is 2. The first-order valence-corrected chi connectivity index (χ1v) is 9.39. The molecule has 2 amide bonds. The fourth-order valence-electron chi connectivity index (χ4n) is 3.48. The van der Waals surface area contributed by atoms with Gasteiger partial charge in [0.05, 0.1) is 12.0 Å². The quantitative estimate of drug-likeness (QED) is 0.774. The predicted octanol–water partition coefficient (Wildman–Crippen LogP) is 1.37. The average molecular weight is 368 g/mol. The summed E-state index contributed by atoms with van der Waals surface area (Å²) in [5.41, 5.74) is 6.92. The molecule has 6 nitrogen and oxygen atoms in total. The number of nitrogens with zero attached hydrogens (tertiary/aromatic N) is 2. The molecule has 0 radical (unpaired) electrons. The van der Waals surface area contributed by atoms with Crippen molar-refractivity contribution in [1.82, 2.24) is 15.1 Å². The van der Waals surface area contributed by atoms with Crippen molar-refractivity contribution in [3.05, 3.63) is 48.0 Å². The van der Waals surface area contributed by atoms with Gasteiger partial charge in [-0.25, -0.2) is 0 Å². The highest BCUT2D eigenvalue weighted by atomic mass is 16.2. The molecule has 2 aromatic carbocycles. The standard InChI is InChI=1S/C21H28N4O2/c1-24(2)9-10-25-14-18(12-20(25)26)21(27)23-19(13-22)17-8-7-15-5-3-4-6-16(15)11-17/h3-8,11,18-19H,9-10,12-14,22H2,1-2H3,(H,23,27). The van der Waals surface area contributed by atoms with E-state index in [1.807, 2.05) is 49.3 Å². The Morgan fingerprint density at radius 3 is 2.70 bits per heavy atom. The third-order valence-corrected chi connectivity index (χ3v) is 5.13. The molecule has 2 unspecified atom stereocenters. The van der Waals surface area contributed by atoms with Gasteiger partial charge >= 0.3 is 0 Å². The van der Waals surface area contributed by atoms with Crippen molar-refractivity contribution < 1.29 is 9.59 Å². The van der Waals surface area contributed by atoms with E-state index in [1.54, 1.807) is 4.90 Å². The van der Waals surface area contributed by atoms with E-state index in [4.69, 9.17) is 5.73 Å². The van der Waals surface area contributed by atoms with Crippen LogP contribution in [0.15, 0.2) is 42.5 Å². The van der Waals surface area contributed by atoms with E-state index in [1.165, 1.54) is 0 Å². The first-order chi connectivity index (χ1) is 13.0. The Balaban J connectivity index is 1.65. The zero-order valence-corrected chi connectivity index (χ0v) is 16.0. The van der Waals surface area contributed by atoms with Crippen LogP contribution in [0, 0.1) is 5.92 Å². The Morgan fingerprint density at radius 1 is 1.26 bits per heavy atom. The second-order valence-electron chi connectivity index (χ2n) is 7.45. The lowest BCUT2D eigenvalue weighted by molar-refractivity contribution is -0.129. The molecule has 3 rings (SSSR count). The number of likely N-dealkylation sites (tertiary alicyclic amines) is 1. The summed E-state index contributed by atoms with van der Waals surface area (Å²) in [6.45, 7) is 2.24. The molecular weight excluding hydrogens is 340 g/mol. The fraction of sp³-hybridized carbons (Fsp3) is 0.429. The molecule has 6 heteroatoms. The molecule has 2 atom stereocenters. The molecule has 0 aliphatic carbocycles. The van der Waals surface area contributed by atoms with Crippen molar-refractivity contribution in [3.8, 4) is 0 Å². The Hall–Kier alpha value is -2.44. The van der Waals surface area contributed by atoms with Crippen molar-refractivity contribution >= 4 is 22.6 Å². The zero-order valence-electron chi connectivity index (χ0n) is 16.0. The van der Waals surface area contributed by atoms with Gasteiger partial charge in [0, 0.05) is 32.6 Å². The monoisotopic (exact) mass is 368 g/mol. The topological polar surface area (TPSA) is 78.7 Å². The first-order valence-electron chi connectivity index (χ1n) is 9.39. The smallest absolute Gasteiger partial charge is 0.225 e. The number of rotatable bonds is 7. The number of amides is 2. The van der Waals surface area contributed by atoms with Gasteiger partial charge in [-0.1, -0.05) is 36.4 Å². The number of carbonyl (C=O) groups excluding carboxylic acids is 2. The predicted molar refractivity (Wildman–Crippen MR) is 107 cm³/mol. The molecule has 1 heterocycles. The molecule has 0 spiro atoms. The summed E-state index contributed by atoms with van der Waals surface area (Å²) < 4.78 is 0. The van der Waals surface area contributed by atoms with Gasteiger partial charge in [0.15, 0.2) is 0 Å². The van der Waals surface area contributed by atoms with E-state index in [-0.39, 0.29) is 30.2 Å². The lowest BCUT2D eigenvalue weighted by Gasteiger charge is -2.21. The summed E-state index contributed by atoms with van der Waals surface area (Å²) >= 11 is 0. The van der Waals surface area contributed by atoms with Crippen molar-refractivity contribution in [2.75, 3.05) is 40.3 Å². The van der Waals surface area contributed by atoms with Crippen LogP contribution in [0.2, 0.25) is 0 Å². The van der Waals surface area contributed by atoms with Crippen LogP contribution in [0.5, 0.6) is 0 Å². The first kappa shape index (κ1) is 19.3. The number of nitrogens with one attached hydrogen (secondary N) is 1. The number of benzene rings is 2. The van der Waals surface area contributed by atoms with Gasteiger partial charge < -0.3 is 20.9 Å². The van der Waals surface area contributed by atoms with Crippen molar-refractivity contribution in [3.63, 3.8) is 0 Å². The van der Waals surface area contributed by atoms with Crippen LogP contribution in [-0.4, -0.2) is 61.9 Å². The van der Waals surface area contributed by atoms with Crippen molar-refractivity contribution in [2.24, 2.45) is 11.7 Å². The average Bonchev–Trinajstić information content (AvgIpc) is 3.04. The Kier molecular flexibility index (Phi) is 6.08. The van der Waals surface area contributed by atoms with Gasteiger partial charge in [0.2, 0.25) is 11.8 Å². The molecule has 0 saturated carbocycles. The molecule has 1 saturated heterocycles. The minimum atomic E-state index is -0.311. The molecule has 144 valence electrons. The highest BCUT2D eigenvalue weighted by molar-refractivity contribution is 5.89. The van der Waals surface area contributed by atoms with Gasteiger partial charge in [-0.05, 0) is 36.5 Å². The highest BCUT2D eigenvalue weighted by Crippen LogP contribution is 2.22. The maximum atomic E-state index is 12.7. The third-order valence-electron chi connectivity index (χ3n) is 5.13. The Bertz CT molecular complexity index is 821. The Morgan fingerprint density at radius 2 is 2.00 bits per heavy atom. The highest BCUT2D eigenvalue weighted by Gasteiger charge is 2.34. The van der Waals surface area contributed by atoms with Crippen LogP contribution in [0.1, 0.15) is 18.0 Å². The van der Waals surface area contributed by atoms with E-state index in [0.29, 0.717) is 19.6 Å². The van der Waals surface area contributed by atoms with Gasteiger partial charge in [0.1, 0.15) is 0 Å². The Labute approximate surface area is 160 Å². The van der Waals surface area contributed by atoms with Crippen LogP contribution in [-0.2, 0) is 9.59 Å². The molecular formula is C21H28N4O2. The van der Waals surface area contributed by atoms with Crippen LogP contribution in [0.3, 0.4) is 0 Å². The zero-order chi connectivity index (χ0) is 19.4. The van der Waals surface area contributed by atoms with E-state index < -0.39 is 0 Å². The lowest BCUT2D eigenvalue weighted by Crippen LogP contribution is -2.39. The maximum absolute atomic E-state index is 12.7. The van der Waals surface area contributed by atoms with Gasteiger partial charge in [-0.15, -0.1) is 0 Å². The van der Waals surface area contributed by atoms with Crippen molar-refractivity contribution in [2.45, 2.75) is 12.5 Å². The summed E-state index contributed by atoms with van der Waals surface area (Å²) in [5.74, 6) is -0.361. The summed E-state index contributed by atoms with van der Waals surface area (Å²) in [6.07, 6.45) is 0.272. The largest absolute Gasteiger partial charge is 0.348 e. The maximum Gasteiger partial charge on any atom is 0.225 e. The van der Waals surface area contributed by atoms with E-state index in [9.17, 15) is 9.59 Å². The summed E-state index contributed by atoms with van der Waals surface area (Å²) in [5, 5.41) is 5.32. The molecule has 0 bridgehead atoms. The second kappa shape index (κ2) is 8.50. The normalized spacial score (nSPS) is 18.3. The van der Waals surface area contributed by atoms with Crippen molar-refractivity contribution in [1.29, 1.82) is 0 Å². The number of fused-ring (bicyclic) bond motifs is 1. The molecule has 1 fully saturated rings. The minimum absolute atomic E-state index is 0.0482. The number of hydrogen-bond donors (Lipinski definition) is 2. The molecule has 1 aliphatic heterocycles. The molecule has 1 aliphatic rings. The van der Waals surface area contributed by atoms with E-state index in [0.717, 1.165) is 22.9 Å². The SMILES string of the molecule is CN(C)CCN1CC(C(=O)NC(CN)c2ccc3ccccc3c2)CC1=O. The summed E-state index contributed by atoms with van der Waals surface area (Å²) in [6, 6.07) is 14.0. The molecule has 2 aromatic rings. The summed E-state index contributed by atoms with van der Waals surface area (Å²) in [4.78, 5) is 28.7. The summed E-state index contributed by atoms with van der Waals surface area (Å²) in [7, 11) is 3.94. The third kappa shape index (κ3) is 4.64. The van der Waals surface area contributed by atoms with Gasteiger partial charge in [0.25, 0.3) is 0 Å². The molecule has 0 aromatic heterocycles. The van der Waals surface area contributed by atoms with E-state index >= 15 is 0 Å². The van der Waals surface area contributed by atoms with Gasteiger partial charge in [-0.3, -0.25) is 9.59 Å². The fourth-order valence-corrected chi connectivity index (χ4v) is 3.48. The van der Waals surface area contributed by atoms with Crippen LogP contribution >= 0.6 is 0 Å². The lowest BCUT2D eigenvalue weighted by atomic mass is 10.0. The van der Waals surface area contributed by atoms with Gasteiger partial charge in [-0.2, -0.15) is 0 Å². The second-order valence-corrected chi connectivity index (χ2v) is 7.45. The number of nitrogens with two attached hydrogens (primary N) is 1. The minimum Gasteiger partial charge on any atom is -0.348 e. The molecule has 3 N–H and O–H groups in total. The van der Waals surface area contributed by atoms with Crippen LogP contribution in [0.25, 0.3) is 10.8 Å². The number of likely N-dealkylation sites (N-methyl/N-ethyl adjacent to an activating group) is 1. The number of hydrogen-bond acceptors (Lipinski definition) is 4. The molecule has 27 heavy (non-hydrogen) atoms. The van der Waals surface area contributed by atoms with Crippen LogP contribution < -0.4 is 11.1 Å².